The highest BCUT2D eigenvalue weighted by Gasteiger charge is 2.53. The number of nitrogens with zero attached hydrogens (tertiary/aromatic N) is 1. The van der Waals surface area contributed by atoms with Crippen molar-refractivity contribution in [1.29, 1.82) is 0 Å². The molecule has 17 heavy (non-hydrogen) atoms. The van der Waals surface area contributed by atoms with Crippen molar-refractivity contribution in [1.82, 2.24) is 4.90 Å². The third-order valence-corrected chi connectivity index (χ3v) is 3.63. The van der Waals surface area contributed by atoms with Crippen LogP contribution in [-0.2, 0) is 14.4 Å². The maximum absolute atomic E-state index is 11.9. The van der Waals surface area contributed by atoms with E-state index in [9.17, 15) is 14.4 Å². The van der Waals surface area contributed by atoms with Crippen LogP contribution in [0.2, 0.25) is 0 Å². The molecule has 1 heterocycles. The Labute approximate surface area is 99.8 Å². The summed E-state index contributed by atoms with van der Waals surface area (Å²) in [4.78, 5) is 35.9. The minimum absolute atomic E-state index is 0.0517. The Morgan fingerprint density at radius 1 is 1.24 bits per heavy atom. The fourth-order valence-corrected chi connectivity index (χ4v) is 2.28. The predicted octanol–water partition coefficient (Wildman–Crippen LogP) is 1.03. The zero-order chi connectivity index (χ0) is 12.8. The summed E-state index contributed by atoms with van der Waals surface area (Å²) in [7, 11) is 0. The lowest BCUT2D eigenvalue weighted by Crippen LogP contribution is -2.49. The normalized spacial score (nSPS) is 25.9. The van der Waals surface area contributed by atoms with Gasteiger partial charge in [-0.2, -0.15) is 0 Å². The number of carboxylic acids is 1. The van der Waals surface area contributed by atoms with Crippen LogP contribution in [-0.4, -0.2) is 34.3 Å². The van der Waals surface area contributed by atoms with Crippen LogP contribution >= 0.6 is 0 Å². The van der Waals surface area contributed by atoms with Gasteiger partial charge in [0, 0.05) is 19.4 Å². The van der Waals surface area contributed by atoms with Crippen LogP contribution in [0, 0.1) is 10.8 Å². The van der Waals surface area contributed by atoms with Gasteiger partial charge in [-0.05, 0) is 18.3 Å². The average molecular weight is 239 g/mol. The molecule has 1 aliphatic heterocycles. The molecule has 2 amide bonds. The van der Waals surface area contributed by atoms with Gasteiger partial charge in [0.1, 0.15) is 0 Å². The number of carbonyl (C=O) groups is 3. The molecule has 2 aliphatic rings. The maximum atomic E-state index is 11.9. The molecular formula is C12H17NO4. The van der Waals surface area contributed by atoms with Gasteiger partial charge in [0.05, 0.1) is 5.41 Å². The first-order valence-electron chi connectivity index (χ1n) is 5.82. The van der Waals surface area contributed by atoms with E-state index in [2.05, 4.69) is 0 Å². The molecule has 1 aliphatic carbocycles. The zero-order valence-corrected chi connectivity index (χ0v) is 10.2. The lowest BCUT2D eigenvalue weighted by atomic mass is 9.81. The molecule has 0 atom stereocenters. The number of piperidine rings is 1. The molecule has 0 bridgehead atoms. The van der Waals surface area contributed by atoms with E-state index in [0.717, 1.165) is 4.90 Å². The smallest absolute Gasteiger partial charge is 0.311 e. The van der Waals surface area contributed by atoms with E-state index in [-0.39, 0.29) is 23.8 Å². The molecule has 2 fully saturated rings. The number of carbonyl (C=O) groups excluding carboxylic acids is 2. The van der Waals surface area contributed by atoms with Crippen molar-refractivity contribution in [2.45, 2.75) is 39.5 Å². The minimum Gasteiger partial charge on any atom is -0.481 e. The standard InChI is InChI=1S/C12H17NO4/c1-11(2)5-8(14)13(9(15)6-11)7-12(3-4-12)10(16)17/h3-7H2,1-2H3,(H,16,17). The third kappa shape index (κ3) is 2.18. The van der Waals surface area contributed by atoms with E-state index in [0.29, 0.717) is 25.7 Å². The summed E-state index contributed by atoms with van der Waals surface area (Å²) in [5, 5.41) is 9.06. The SMILES string of the molecule is CC1(C)CC(=O)N(CC2(C(=O)O)CC2)C(=O)C1. The highest BCUT2D eigenvalue weighted by molar-refractivity contribution is 5.99. The maximum Gasteiger partial charge on any atom is 0.311 e. The van der Waals surface area contributed by atoms with Gasteiger partial charge in [-0.25, -0.2) is 0 Å². The number of hydrogen-bond donors (Lipinski definition) is 1. The Kier molecular flexibility index (Phi) is 2.52. The molecule has 5 heteroatoms. The molecule has 1 N–H and O–H groups in total. The van der Waals surface area contributed by atoms with E-state index >= 15 is 0 Å². The van der Waals surface area contributed by atoms with Crippen LogP contribution in [0.25, 0.3) is 0 Å². The number of amides is 2. The summed E-state index contributed by atoms with van der Waals surface area (Å²) in [6, 6.07) is 0. The average Bonchev–Trinajstić information content (AvgIpc) is 2.90. The van der Waals surface area contributed by atoms with Crippen LogP contribution in [0.1, 0.15) is 39.5 Å². The van der Waals surface area contributed by atoms with Crippen LogP contribution in [0.5, 0.6) is 0 Å². The fraction of sp³-hybridized carbons (Fsp3) is 0.750. The van der Waals surface area contributed by atoms with Gasteiger partial charge in [0.2, 0.25) is 11.8 Å². The van der Waals surface area contributed by atoms with Crippen molar-refractivity contribution in [2.75, 3.05) is 6.54 Å². The molecule has 0 radical (unpaired) electrons. The molecule has 0 aromatic heterocycles. The molecule has 5 nitrogen and oxygen atoms in total. The quantitative estimate of drug-likeness (QED) is 0.746. The molecule has 0 spiro atoms. The summed E-state index contributed by atoms with van der Waals surface area (Å²) in [5.41, 5.74) is -1.16. The van der Waals surface area contributed by atoms with Gasteiger partial charge in [0.25, 0.3) is 0 Å². The number of rotatable bonds is 3. The van der Waals surface area contributed by atoms with Gasteiger partial charge in [-0.3, -0.25) is 19.3 Å². The molecule has 0 aromatic carbocycles. The Morgan fingerprint density at radius 2 is 1.71 bits per heavy atom. The summed E-state index contributed by atoms with van der Waals surface area (Å²) in [5.74, 6) is -1.37. The third-order valence-electron chi connectivity index (χ3n) is 3.63. The molecule has 0 aromatic rings. The topological polar surface area (TPSA) is 74.7 Å². The first kappa shape index (κ1) is 12.1. The lowest BCUT2D eigenvalue weighted by molar-refractivity contribution is -0.155. The van der Waals surface area contributed by atoms with Gasteiger partial charge < -0.3 is 5.11 Å². The summed E-state index contributed by atoms with van der Waals surface area (Å²) in [6.45, 7) is 3.81. The Morgan fingerprint density at radius 3 is 2.06 bits per heavy atom. The number of aliphatic carboxylic acids is 1. The van der Waals surface area contributed by atoms with Crippen molar-refractivity contribution >= 4 is 17.8 Å². The van der Waals surface area contributed by atoms with Gasteiger partial charge in [-0.15, -0.1) is 0 Å². The number of imide groups is 1. The Bertz CT molecular complexity index is 375. The second kappa shape index (κ2) is 3.55. The van der Waals surface area contributed by atoms with E-state index in [1.54, 1.807) is 0 Å². The van der Waals surface area contributed by atoms with Gasteiger partial charge >= 0.3 is 5.97 Å². The number of likely N-dealkylation sites (tertiary alicyclic amines) is 1. The van der Waals surface area contributed by atoms with E-state index in [4.69, 9.17) is 5.11 Å². The monoisotopic (exact) mass is 239 g/mol. The predicted molar refractivity (Wildman–Crippen MR) is 59.0 cm³/mol. The molecule has 2 rings (SSSR count). The number of hydrogen-bond acceptors (Lipinski definition) is 3. The minimum atomic E-state index is -0.900. The van der Waals surface area contributed by atoms with Crippen LogP contribution in [0.15, 0.2) is 0 Å². The fourth-order valence-electron chi connectivity index (χ4n) is 2.28. The van der Waals surface area contributed by atoms with Crippen molar-refractivity contribution < 1.29 is 19.5 Å². The molecule has 0 unspecified atom stereocenters. The Balaban J connectivity index is 2.10. The highest BCUT2D eigenvalue weighted by atomic mass is 16.4. The largest absolute Gasteiger partial charge is 0.481 e. The molecule has 94 valence electrons. The summed E-state index contributed by atoms with van der Waals surface area (Å²) < 4.78 is 0. The summed E-state index contributed by atoms with van der Waals surface area (Å²) in [6.07, 6.45) is 1.74. The van der Waals surface area contributed by atoms with E-state index < -0.39 is 11.4 Å². The Hall–Kier alpha value is -1.39. The molecule has 1 saturated heterocycles. The molecule has 1 saturated carbocycles. The van der Waals surface area contributed by atoms with Crippen molar-refractivity contribution in [2.24, 2.45) is 10.8 Å². The first-order valence-corrected chi connectivity index (χ1v) is 5.82. The second-order valence-electron chi connectivity index (χ2n) is 5.98. The van der Waals surface area contributed by atoms with Gasteiger partial charge in [0.15, 0.2) is 0 Å². The molecular weight excluding hydrogens is 222 g/mol. The van der Waals surface area contributed by atoms with E-state index in [1.807, 2.05) is 13.8 Å². The zero-order valence-electron chi connectivity index (χ0n) is 10.2. The first-order chi connectivity index (χ1) is 7.76. The van der Waals surface area contributed by atoms with Gasteiger partial charge in [-0.1, -0.05) is 13.8 Å². The summed E-state index contributed by atoms with van der Waals surface area (Å²) >= 11 is 0. The van der Waals surface area contributed by atoms with Crippen LogP contribution < -0.4 is 0 Å². The van der Waals surface area contributed by atoms with Crippen molar-refractivity contribution in [3.05, 3.63) is 0 Å². The highest BCUT2D eigenvalue weighted by Crippen LogP contribution is 2.47. The van der Waals surface area contributed by atoms with Crippen molar-refractivity contribution in [3.63, 3.8) is 0 Å². The van der Waals surface area contributed by atoms with Crippen LogP contribution in [0.4, 0.5) is 0 Å². The number of carboxylic acid groups (broad SMARTS) is 1. The van der Waals surface area contributed by atoms with Crippen LogP contribution in [0.3, 0.4) is 0 Å². The second-order valence-corrected chi connectivity index (χ2v) is 5.98. The lowest BCUT2D eigenvalue weighted by Gasteiger charge is -2.35. The van der Waals surface area contributed by atoms with E-state index in [1.165, 1.54) is 0 Å². The van der Waals surface area contributed by atoms with Crippen molar-refractivity contribution in [3.8, 4) is 0 Å².